The van der Waals surface area contributed by atoms with Gasteiger partial charge in [-0.3, -0.25) is 14.5 Å². The average molecular weight is 382 g/mol. The standard InChI is InChI=1S/C23H31N3O2/c1-15(2)13-21(27)24-19-11-8-12-20(17(19)4)25-23(28)22(26(5)6)18-10-7-9-16(3)14-18/h7-12,14-15,22H,13H2,1-6H3,(H,24,27)(H,25,28). The Bertz CT molecular complexity index is 843. The smallest absolute Gasteiger partial charge is 0.246 e. The van der Waals surface area contributed by atoms with E-state index in [2.05, 4.69) is 10.6 Å². The van der Waals surface area contributed by atoms with Crippen LogP contribution in [0.3, 0.4) is 0 Å². The van der Waals surface area contributed by atoms with E-state index in [9.17, 15) is 9.59 Å². The van der Waals surface area contributed by atoms with Crippen LogP contribution in [0.15, 0.2) is 42.5 Å². The Balaban J connectivity index is 2.22. The maximum atomic E-state index is 13.1. The predicted molar refractivity (Wildman–Crippen MR) is 116 cm³/mol. The van der Waals surface area contributed by atoms with Crippen molar-refractivity contribution in [2.24, 2.45) is 5.92 Å². The third-order valence-electron chi connectivity index (χ3n) is 4.58. The van der Waals surface area contributed by atoms with Crippen LogP contribution in [0, 0.1) is 19.8 Å². The molecular formula is C23H31N3O2. The molecule has 2 aromatic rings. The predicted octanol–water partition coefficient (Wildman–Crippen LogP) is 4.53. The molecule has 0 aromatic heterocycles. The molecule has 2 amide bonds. The van der Waals surface area contributed by atoms with Gasteiger partial charge in [0.15, 0.2) is 0 Å². The van der Waals surface area contributed by atoms with Gasteiger partial charge in [-0.2, -0.15) is 0 Å². The quantitative estimate of drug-likeness (QED) is 0.741. The van der Waals surface area contributed by atoms with Crippen molar-refractivity contribution >= 4 is 23.2 Å². The Labute approximate surface area is 168 Å². The summed E-state index contributed by atoms with van der Waals surface area (Å²) in [6, 6.07) is 13.1. The lowest BCUT2D eigenvalue weighted by Crippen LogP contribution is -2.32. The van der Waals surface area contributed by atoms with Gasteiger partial charge in [0.25, 0.3) is 0 Å². The highest BCUT2D eigenvalue weighted by Crippen LogP contribution is 2.27. The fraction of sp³-hybridized carbons (Fsp3) is 0.391. The number of rotatable bonds is 7. The molecule has 0 radical (unpaired) electrons. The highest BCUT2D eigenvalue weighted by atomic mass is 16.2. The number of nitrogens with one attached hydrogen (secondary N) is 2. The van der Waals surface area contributed by atoms with Crippen molar-refractivity contribution < 1.29 is 9.59 Å². The van der Waals surface area contributed by atoms with E-state index in [1.165, 1.54) is 0 Å². The SMILES string of the molecule is Cc1cccc(C(C(=O)Nc2cccc(NC(=O)CC(C)C)c2C)N(C)C)c1. The number of nitrogens with zero attached hydrogens (tertiary/aromatic N) is 1. The second-order valence-corrected chi connectivity index (χ2v) is 7.89. The molecule has 0 saturated heterocycles. The van der Waals surface area contributed by atoms with Gasteiger partial charge in [0.1, 0.15) is 6.04 Å². The minimum absolute atomic E-state index is 0.0208. The highest BCUT2D eigenvalue weighted by Gasteiger charge is 2.24. The van der Waals surface area contributed by atoms with Gasteiger partial charge in [-0.25, -0.2) is 0 Å². The third-order valence-corrected chi connectivity index (χ3v) is 4.58. The van der Waals surface area contributed by atoms with Crippen molar-refractivity contribution in [3.05, 3.63) is 59.2 Å². The Kier molecular flexibility index (Phi) is 7.35. The fourth-order valence-corrected chi connectivity index (χ4v) is 3.20. The van der Waals surface area contributed by atoms with Crippen LogP contribution < -0.4 is 10.6 Å². The molecular weight excluding hydrogens is 350 g/mol. The number of benzene rings is 2. The van der Waals surface area contributed by atoms with E-state index in [0.29, 0.717) is 18.0 Å². The Hall–Kier alpha value is -2.66. The third kappa shape index (κ3) is 5.67. The molecule has 0 fully saturated rings. The van der Waals surface area contributed by atoms with Crippen LogP contribution in [0.2, 0.25) is 0 Å². The number of hydrogen-bond donors (Lipinski definition) is 2. The minimum atomic E-state index is -0.404. The molecule has 2 rings (SSSR count). The molecule has 28 heavy (non-hydrogen) atoms. The molecule has 150 valence electrons. The molecule has 0 spiro atoms. The fourth-order valence-electron chi connectivity index (χ4n) is 3.20. The van der Waals surface area contributed by atoms with Gasteiger partial charge in [-0.05, 0) is 57.1 Å². The molecule has 2 aromatic carbocycles. The van der Waals surface area contributed by atoms with Crippen LogP contribution in [0.1, 0.15) is 43.0 Å². The van der Waals surface area contributed by atoms with Crippen molar-refractivity contribution in [2.45, 2.75) is 40.2 Å². The topological polar surface area (TPSA) is 61.4 Å². The summed E-state index contributed by atoms with van der Waals surface area (Å²) < 4.78 is 0. The van der Waals surface area contributed by atoms with Crippen molar-refractivity contribution in [2.75, 3.05) is 24.7 Å². The van der Waals surface area contributed by atoms with E-state index in [0.717, 1.165) is 22.4 Å². The van der Waals surface area contributed by atoms with E-state index < -0.39 is 6.04 Å². The molecule has 5 nitrogen and oxygen atoms in total. The lowest BCUT2D eigenvalue weighted by atomic mass is 10.0. The number of aryl methyl sites for hydroxylation is 1. The summed E-state index contributed by atoms with van der Waals surface area (Å²) in [5.41, 5.74) is 4.33. The minimum Gasteiger partial charge on any atom is -0.326 e. The summed E-state index contributed by atoms with van der Waals surface area (Å²) in [6.07, 6.45) is 0.464. The zero-order valence-corrected chi connectivity index (χ0v) is 17.7. The summed E-state index contributed by atoms with van der Waals surface area (Å²) >= 11 is 0. The maximum Gasteiger partial charge on any atom is 0.246 e. The van der Waals surface area contributed by atoms with E-state index >= 15 is 0 Å². The zero-order valence-electron chi connectivity index (χ0n) is 17.7. The van der Waals surface area contributed by atoms with Gasteiger partial charge in [-0.15, -0.1) is 0 Å². The largest absolute Gasteiger partial charge is 0.326 e. The summed E-state index contributed by atoms with van der Waals surface area (Å²) in [6.45, 7) is 7.94. The summed E-state index contributed by atoms with van der Waals surface area (Å²) in [7, 11) is 3.78. The lowest BCUT2D eigenvalue weighted by Gasteiger charge is -2.25. The molecule has 0 aliphatic rings. The lowest BCUT2D eigenvalue weighted by molar-refractivity contribution is -0.120. The van der Waals surface area contributed by atoms with E-state index in [4.69, 9.17) is 0 Å². The van der Waals surface area contributed by atoms with Crippen LogP contribution in [-0.4, -0.2) is 30.8 Å². The normalized spacial score (nSPS) is 12.1. The number of carbonyl (C=O) groups excluding carboxylic acids is 2. The van der Waals surface area contributed by atoms with Gasteiger partial charge in [0.2, 0.25) is 11.8 Å². The van der Waals surface area contributed by atoms with Crippen LogP contribution in [0.4, 0.5) is 11.4 Å². The van der Waals surface area contributed by atoms with Crippen LogP contribution >= 0.6 is 0 Å². The molecule has 0 heterocycles. The van der Waals surface area contributed by atoms with E-state index in [-0.39, 0.29) is 11.8 Å². The zero-order chi connectivity index (χ0) is 20.8. The second-order valence-electron chi connectivity index (χ2n) is 7.89. The first-order chi connectivity index (χ1) is 13.2. The van der Waals surface area contributed by atoms with Gasteiger partial charge >= 0.3 is 0 Å². The molecule has 0 bridgehead atoms. The number of carbonyl (C=O) groups is 2. The maximum absolute atomic E-state index is 13.1. The monoisotopic (exact) mass is 381 g/mol. The van der Waals surface area contributed by atoms with Gasteiger partial charge in [0, 0.05) is 17.8 Å². The molecule has 5 heteroatoms. The number of likely N-dealkylation sites (N-methyl/N-ethyl adjacent to an activating group) is 1. The molecule has 0 aliphatic heterocycles. The molecule has 0 saturated carbocycles. The number of amides is 2. The molecule has 1 unspecified atom stereocenters. The van der Waals surface area contributed by atoms with Crippen LogP contribution in [0.25, 0.3) is 0 Å². The summed E-state index contributed by atoms with van der Waals surface area (Å²) in [5.74, 6) is 0.162. The van der Waals surface area contributed by atoms with Crippen molar-refractivity contribution in [1.29, 1.82) is 0 Å². The van der Waals surface area contributed by atoms with Gasteiger partial charge in [-0.1, -0.05) is 49.7 Å². The van der Waals surface area contributed by atoms with Gasteiger partial charge < -0.3 is 10.6 Å². The van der Waals surface area contributed by atoms with Crippen molar-refractivity contribution in [3.63, 3.8) is 0 Å². The second kappa shape index (κ2) is 9.51. The summed E-state index contributed by atoms with van der Waals surface area (Å²) in [5, 5.41) is 5.98. The Morgan fingerprint density at radius 3 is 2.14 bits per heavy atom. The Morgan fingerprint density at radius 2 is 1.57 bits per heavy atom. The molecule has 2 N–H and O–H groups in total. The van der Waals surface area contributed by atoms with Crippen molar-refractivity contribution in [3.8, 4) is 0 Å². The number of hydrogen-bond acceptors (Lipinski definition) is 3. The average Bonchev–Trinajstić information content (AvgIpc) is 2.57. The van der Waals surface area contributed by atoms with E-state index in [1.807, 2.05) is 89.2 Å². The number of anilines is 2. The highest BCUT2D eigenvalue weighted by molar-refractivity contribution is 5.98. The van der Waals surface area contributed by atoms with Gasteiger partial charge in [0.05, 0.1) is 0 Å². The molecule has 1 atom stereocenters. The first kappa shape index (κ1) is 21.6. The first-order valence-electron chi connectivity index (χ1n) is 9.62. The summed E-state index contributed by atoms with van der Waals surface area (Å²) in [4.78, 5) is 27.1. The van der Waals surface area contributed by atoms with Crippen LogP contribution in [0.5, 0.6) is 0 Å². The first-order valence-corrected chi connectivity index (χ1v) is 9.62. The van der Waals surface area contributed by atoms with Crippen molar-refractivity contribution in [1.82, 2.24) is 4.90 Å². The molecule has 0 aliphatic carbocycles. The Morgan fingerprint density at radius 1 is 0.964 bits per heavy atom. The van der Waals surface area contributed by atoms with Crippen LogP contribution in [-0.2, 0) is 9.59 Å². The van der Waals surface area contributed by atoms with E-state index in [1.54, 1.807) is 0 Å².